The number of rotatable bonds is 5. The minimum atomic E-state index is 0.219. The van der Waals surface area contributed by atoms with Gasteiger partial charge in [0.25, 0.3) is 0 Å². The first kappa shape index (κ1) is 14.5. The fourth-order valence-corrected chi connectivity index (χ4v) is 2.45. The Kier molecular flexibility index (Phi) is 4.69. The molecule has 4 heteroatoms. The molecule has 2 rings (SSSR count). The van der Waals surface area contributed by atoms with E-state index in [4.69, 9.17) is 4.74 Å². The van der Waals surface area contributed by atoms with Gasteiger partial charge >= 0.3 is 0 Å². The Morgan fingerprint density at radius 1 is 1.25 bits per heavy atom. The van der Waals surface area contributed by atoms with Crippen molar-refractivity contribution in [1.29, 1.82) is 0 Å². The second-order valence-electron chi connectivity index (χ2n) is 4.87. The number of methoxy groups -OCH3 is 1. The number of nitrogens with zero attached hydrogens (tertiary/aromatic N) is 2. The van der Waals surface area contributed by atoms with Crippen molar-refractivity contribution in [2.75, 3.05) is 14.2 Å². The van der Waals surface area contributed by atoms with Crippen molar-refractivity contribution in [2.45, 2.75) is 26.3 Å². The van der Waals surface area contributed by atoms with Gasteiger partial charge in [0.1, 0.15) is 5.75 Å². The normalized spacial score (nSPS) is 12.2. The molecule has 1 atom stereocenters. The van der Waals surface area contributed by atoms with Gasteiger partial charge in [-0.15, -0.1) is 0 Å². The van der Waals surface area contributed by atoms with E-state index in [1.54, 1.807) is 7.11 Å². The van der Waals surface area contributed by atoms with Crippen molar-refractivity contribution in [3.05, 3.63) is 53.1 Å². The van der Waals surface area contributed by atoms with Crippen molar-refractivity contribution >= 4 is 0 Å². The van der Waals surface area contributed by atoms with Gasteiger partial charge in [-0.2, -0.15) is 0 Å². The molecule has 1 N–H and O–H groups in total. The zero-order valence-corrected chi connectivity index (χ0v) is 12.5. The van der Waals surface area contributed by atoms with Gasteiger partial charge in [0.15, 0.2) is 0 Å². The predicted molar refractivity (Wildman–Crippen MR) is 80.0 cm³/mol. The van der Waals surface area contributed by atoms with E-state index < -0.39 is 0 Å². The molecule has 0 bridgehead atoms. The van der Waals surface area contributed by atoms with Crippen LogP contribution in [0.25, 0.3) is 0 Å². The molecule has 0 saturated heterocycles. The molecule has 4 nitrogen and oxygen atoms in total. The zero-order valence-electron chi connectivity index (χ0n) is 12.5. The Balaban J connectivity index is 2.29. The van der Waals surface area contributed by atoms with E-state index in [1.165, 1.54) is 5.56 Å². The van der Waals surface area contributed by atoms with Crippen LogP contribution in [0.4, 0.5) is 0 Å². The quantitative estimate of drug-likeness (QED) is 0.908. The summed E-state index contributed by atoms with van der Waals surface area (Å²) in [5, 5.41) is 3.34. The van der Waals surface area contributed by atoms with E-state index in [2.05, 4.69) is 22.2 Å². The van der Waals surface area contributed by atoms with Gasteiger partial charge in [-0.05, 0) is 38.6 Å². The van der Waals surface area contributed by atoms with E-state index in [9.17, 15) is 0 Å². The van der Waals surface area contributed by atoms with E-state index in [-0.39, 0.29) is 6.04 Å². The largest absolute Gasteiger partial charge is 0.496 e. The summed E-state index contributed by atoms with van der Waals surface area (Å²) in [4.78, 5) is 8.63. The molecule has 0 aliphatic rings. The fraction of sp³-hybridized carbons (Fsp3) is 0.375. The summed E-state index contributed by atoms with van der Waals surface area (Å²) in [6.45, 7) is 4.08. The Morgan fingerprint density at radius 3 is 2.55 bits per heavy atom. The zero-order chi connectivity index (χ0) is 14.5. The monoisotopic (exact) mass is 271 g/mol. The number of pyridine rings is 2. The summed E-state index contributed by atoms with van der Waals surface area (Å²) in [7, 11) is 3.67. The molecule has 0 aromatic carbocycles. The second-order valence-corrected chi connectivity index (χ2v) is 4.87. The van der Waals surface area contributed by atoms with E-state index in [0.717, 1.165) is 29.0 Å². The van der Waals surface area contributed by atoms with Crippen LogP contribution in [-0.2, 0) is 6.42 Å². The lowest BCUT2D eigenvalue weighted by Gasteiger charge is -2.18. The van der Waals surface area contributed by atoms with Crippen molar-refractivity contribution in [3.8, 4) is 5.75 Å². The lowest BCUT2D eigenvalue weighted by atomic mass is 9.99. The van der Waals surface area contributed by atoms with Crippen LogP contribution in [0.2, 0.25) is 0 Å². The average molecular weight is 271 g/mol. The molecule has 0 saturated carbocycles. The standard InChI is InChI=1S/C16H21N3O/c1-11-10-19-14(12(2)16(11)20-4)9-15(17-3)13-5-7-18-8-6-13/h5-8,10,15,17H,9H2,1-4H3. The number of hydrogen-bond acceptors (Lipinski definition) is 4. The van der Waals surface area contributed by atoms with Gasteiger partial charge in [-0.1, -0.05) is 0 Å². The molecule has 2 heterocycles. The fourth-order valence-electron chi connectivity index (χ4n) is 2.45. The maximum atomic E-state index is 5.47. The second kappa shape index (κ2) is 6.48. The van der Waals surface area contributed by atoms with E-state index >= 15 is 0 Å². The molecular formula is C16H21N3O. The van der Waals surface area contributed by atoms with Crippen molar-refractivity contribution < 1.29 is 4.74 Å². The molecule has 1 unspecified atom stereocenters. The van der Waals surface area contributed by atoms with Crippen LogP contribution >= 0.6 is 0 Å². The van der Waals surface area contributed by atoms with Crippen molar-refractivity contribution in [2.24, 2.45) is 0 Å². The maximum Gasteiger partial charge on any atom is 0.128 e. The highest BCUT2D eigenvalue weighted by atomic mass is 16.5. The molecule has 0 aliphatic heterocycles. The number of aromatic nitrogens is 2. The molecule has 0 radical (unpaired) electrons. The Bertz CT molecular complexity index is 569. The van der Waals surface area contributed by atoms with Gasteiger partial charge in [-0.25, -0.2) is 0 Å². The minimum absolute atomic E-state index is 0.219. The number of likely N-dealkylation sites (N-methyl/N-ethyl adjacent to an activating group) is 1. The van der Waals surface area contributed by atoms with Gasteiger partial charge < -0.3 is 10.1 Å². The first-order valence-electron chi connectivity index (χ1n) is 6.73. The predicted octanol–water partition coefficient (Wildman–Crippen LogP) is 2.61. The van der Waals surface area contributed by atoms with Gasteiger partial charge in [0.05, 0.1) is 7.11 Å². The molecule has 0 spiro atoms. The third-order valence-corrected chi connectivity index (χ3v) is 3.60. The highest BCUT2D eigenvalue weighted by molar-refractivity contribution is 5.41. The first-order chi connectivity index (χ1) is 9.67. The number of ether oxygens (including phenoxy) is 1. The molecular weight excluding hydrogens is 250 g/mol. The Hall–Kier alpha value is -1.94. The third kappa shape index (κ3) is 2.96. The highest BCUT2D eigenvalue weighted by Gasteiger charge is 2.15. The molecule has 20 heavy (non-hydrogen) atoms. The third-order valence-electron chi connectivity index (χ3n) is 3.60. The van der Waals surface area contributed by atoms with Crippen LogP contribution in [0, 0.1) is 13.8 Å². The minimum Gasteiger partial charge on any atom is -0.496 e. The molecule has 106 valence electrons. The smallest absolute Gasteiger partial charge is 0.128 e. The van der Waals surface area contributed by atoms with Crippen LogP contribution in [0.1, 0.15) is 28.4 Å². The number of nitrogens with one attached hydrogen (secondary N) is 1. The van der Waals surface area contributed by atoms with E-state index in [0.29, 0.717) is 0 Å². The topological polar surface area (TPSA) is 47.0 Å². The molecule has 2 aromatic heterocycles. The lowest BCUT2D eigenvalue weighted by molar-refractivity contribution is 0.406. The van der Waals surface area contributed by atoms with E-state index in [1.807, 2.05) is 44.7 Å². The average Bonchev–Trinajstić information content (AvgIpc) is 2.48. The number of hydrogen-bond donors (Lipinski definition) is 1. The van der Waals surface area contributed by atoms with Crippen LogP contribution in [0.15, 0.2) is 30.7 Å². The van der Waals surface area contributed by atoms with Crippen molar-refractivity contribution in [1.82, 2.24) is 15.3 Å². The molecule has 0 fully saturated rings. The van der Waals surface area contributed by atoms with Crippen LogP contribution in [-0.4, -0.2) is 24.1 Å². The van der Waals surface area contributed by atoms with Crippen LogP contribution < -0.4 is 10.1 Å². The Morgan fingerprint density at radius 2 is 1.95 bits per heavy atom. The lowest BCUT2D eigenvalue weighted by Crippen LogP contribution is -2.20. The summed E-state index contributed by atoms with van der Waals surface area (Å²) in [6, 6.07) is 4.28. The Labute approximate surface area is 120 Å². The highest BCUT2D eigenvalue weighted by Crippen LogP contribution is 2.27. The van der Waals surface area contributed by atoms with Crippen LogP contribution in [0.5, 0.6) is 5.75 Å². The molecule has 0 aliphatic carbocycles. The summed E-state index contributed by atoms with van der Waals surface area (Å²) >= 11 is 0. The van der Waals surface area contributed by atoms with Crippen LogP contribution in [0.3, 0.4) is 0 Å². The first-order valence-corrected chi connectivity index (χ1v) is 6.73. The van der Waals surface area contributed by atoms with Gasteiger partial charge in [0.2, 0.25) is 0 Å². The molecule has 2 aromatic rings. The summed E-state index contributed by atoms with van der Waals surface area (Å²) < 4.78 is 5.47. The SMILES string of the molecule is CNC(Cc1ncc(C)c(OC)c1C)c1ccncc1. The summed E-state index contributed by atoms with van der Waals surface area (Å²) in [6.07, 6.45) is 6.33. The van der Waals surface area contributed by atoms with Gasteiger partial charge in [-0.3, -0.25) is 9.97 Å². The summed E-state index contributed by atoms with van der Waals surface area (Å²) in [5.74, 6) is 0.930. The van der Waals surface area contributed by atoms with Crippen molar-refractivity contribution in [3.63, 3.8) is 0 Å². The number of aryl methyl sites for hydroxylation is 1. The summed E-state index contributed by atoms with van der Waals surface area (Å²) in [5.41, 5.74) is 4.45. The van der Waals surface area contributed by atoms with Gasteiger partial charge in [0, 0.05) is 47.9 Å². The molecule has 0 amide bonds. The maximum absolute atomic E-state index is 5.47.